The molecular weight excluding hydrogens is 392 g/mol. The van der Waals surface area contributed by atoms with Gasteiger partial charge in [0.1, 0.15) is 5.82 Å². The maximum atomic E-state index is 12.7. The van der Waals surface area contributed by atoms with Gasteiger partial charge in [0.2, 0.25) is 11.8 Å². The van der Waals surface area contributed by atoms with Crippen molar-refractivity contribution in [3.8, 4) is 22.5 Å². The molecule has 8 nitrogen and oxygen atoms in total. The van der Waals surface area contributed by atoms with Crippen LogP contribution in [0.4, 0.5) is 0 Å². The summed E-state index contributed by atoms with van der Waals surface area (Å²) in [6.45, 7) is 0. The molecule has 0 spiro atoms. The minimum Gasteiger partial charge on any atom is -0.370 e. The first-order chi connectivity index (χ1) is 15.0. The topological polar surface area (TPSA) is 140 Å². The summed E-state index contributed by atoms with van der Waals surface area (Å²) in [4.78, 5) is 36.0. The Morgan fingerprint density at radius 3 is 2.65 bits per heavy atom. The summed E-state index contributed by atoms with van der Waals surface area (Å²) in [5, 5.41) is 2.99. The van der Waals surface area contributed by atoms with E-state index < -0.39 is 17.9 Å². The highest BCUT2D eigenvalue weighted by Gasteiger charge is 2.33. The lowest BCUT2D eigenvalue weighted by Crippen LogP contribution is -2.44. The molecule has 0 saturated heterocycles. The number of hydrogen-bond donors (Lipinski definition) is 4. The van der Waals surface area contributed by atoms with Gasteiger partial charge in [-0.3, -0.25) is 14.6 Å². The molecule has 0 radical (unpaired) electrons. The SMILES string of the molecule is NC(=O)C[C@@H](N)C(=O)NC1c2ccccc2-c2c(-c3nc4ccncc4[nH]3)cccc21. The number of carbonyl (C=O) groups is 2. The number of hydrogen-bond acceptors (Lipinski definition) is 5. The zero-order valence-electron chi connectivity index (χ0n) is 16.5. The van der Waals surface area contributed by atoms with Crippen LogP contribution in [0.2, 0.25) is 0 Å². The third kappa shape index (κ3) is 3.23. The van der Waals surface area contributed by atoms with Crippen molar-refractivity contribution in [1.29, 1.82) is 0 Å². The highest BCUT2D eigenvalue weighted by atomic mass is 16.2. The third-order valence-corrected chi connectivity index (χ3v) is 5.53. The first kappa shape index (κ1) is 19.0. The Morgan fingerprint density at radius 2 is 1.84 bits per heavy atom. The average molecular weight is 412 g/mol. The van der Waals surface area contributed by atoms with Crippen molar-refractivity contribution >= 4 is 22.8 Å². The maximum absolute atomic E-state index is 12.7. The molecule has 2 amide bonds. The van der Waals surface area contributed by atoms with Crippen LogP contribution >= 0.6 is 0 Å². The molecule has 5 rings (SSSR count). The van der Waals surface area contributed by atoms with E-state index in [0.29, 0.717) is 0 Å². The van der Waals surface area contributed by atoms with Crippen molar-refractivity contribution in [1.82, 2.24) is 20.3 Å². The number of rotatable bonds is 5. The van der Waals surface area contributed by atoms with Gasteiger partial charge in [-0.1, -0.05) is 42.5 Å². The predicted octanol–water partition coefficient (Wildman–Crippen LogP) is 2.01. The number of nitrogens with one attached hydrogen (secondary N) is 2. The van der Waals surface area contributed by atoms with Crippen LogP contribution in [0.15, 0.2) is 60.9 Å². The molecule has 0 aliphatic heterocycles. The standard InChI is InChI=1S/C23H20N6O2/c24-16(10-19(25)30)23(31)29-21-13-5-2-1-4-12(13)20-14(21)6-3-7-15(20)22-27-17-8-9-26-11-18(17)28-22/h1-9,11,16,21H,10,24H2,(H2,25,30)(H,27,28)(H,29,31)/t16-,21?/m1/s1. The van der Waals surface area contributed by atoms with E-state index >= 15 is 0 Å². The van der Waals surface area contributed by atoms with Gasteiger partial charge in [-0.25, -0.2) is 4.98 Å². The molecule has 6 N–H and O–H groups in total. The molecule has 2 aromatic heterocycles. The second-order valence-corrected chi connectivity index (χ2v) is 7.55. The van der Waals surface area contributed by atoms with Gasteiger partial charge in [-0.2, -0.15) is 0 Å². The lowest BCUT2D eigenvalue weighted by molar-refractivity contribution is -0.126. The molecule has 0 bridgehead atoms. The molecule has 0 saturated carbocycles. The summed E-state index contributed by atoms with van der Waals surface area (Å²) in [6, 6.07) is 14.3. The number of nitrogens with zero attached hydrogens (tertiary/aromatic N) is 2. The molecule has 1 aliphatic carbocycles. The monoisotopic (exact) mass is 412 g/mol. The van der Waals surface area contributed by atoms with Crippen molar-refractivity contribution in [3.05, 3.63) is 72.1 Å². The van der Waals surface area contributed by atoms with Crippen molar-refractivity contribution in [2.24, 2.45) is 11.5 Å². The van der Waals surface area contributed by atoms with Gasteiger partial charge in [0, 0.05) is 11.8 Å². The van der Waals surface area contributed by atoms with Gasteiger partial charge in [0.15, 0.2) is 0 Å². The van der Waals surface area contributed by atoms with E-state index in [0.717, 1.165) is 44.7 Å². The zero-order valence-corrected chi connectivity index (χ0v) is 16.5. The van der Waals surface area contributed by atoms with Crippen LogP contribution < -0.4 is 16.8 Å². The number of aromatic amines is 1. The Labute approximate surface area is 177 Å². The molecule has 154 valence electrons. The molecule has 1 unspecified atom stereocenters. The Kier molecular flexibility index (Phi) is 4.48. The van der Waals surface area contributed by atoms with Gasteiger partial charge < -0.3 is 21.8 Å². The van der Waals surface area contributed by atoms with Crippen molar-refractivity contribution in [2.45, 2.75) is 18.5 Å². The maximum Gasteiger partial charge on any atom is 0.238 e. The quantitative estimate of drug-likeness (QED) is 0.397. The van der Waals surface area contributed by atoms with E-state index in [9.17, 15) is 9.59 Å². The largest absolute Gasteiger partial charge is 0.370 e. The number of imidazole rings is 1. The fraction of sp³-hybridized carbons (Fsp3) is 0.130. The molecule has 8 heteroatoms. The summed E-state index contributed by atoms with van der Waals surface area (Å²) < 4.78 is 0. The van der Waals surface area contributed by atoms with E-state index in [-0.39, 0.29) is 12.5 Å². The number of amides is 2. The molecule has 1 aliphatic rings. The van der Waals surface area contributed by atoms with Gasteiger partial charge in [-0.15, -0.1) is 0 Å². The second kappa shape index (κ2) is 7.33. The summed E-state index contributed by atoms with van der Waals surface area (Å²) in [7, 11) is 0. The van der Waals surface area contributed by atoms with Crippen LogP contribution in [-0.2, 0) is 9.59 Å². The summed E-state index contributed by atoms with van der Waals surface area (Å²) in [5.74, 6) is -0.310. The van der Waals surface area contributed by atoms with Crippen LogP contribution in [0.3, 0.4) is 0 Å². The molecule has 2 heterocycles. The number of primary amides is 1. The Bertz CT molecular complexity index is 1300. The van der Waals surface area contributed by atoms with Gasteiger partial charge in [0.25, 0.3) is 0 Å². The molecule has 4 aromatic rings. The zero-order chi connectivity index (χ0) is 21.5. The number of aromatic nitrogens is 3. The Balaban J connectivity index is 1.60. The Morgan fingerprint density at radius 1 is 1.06 bits per heavy atom. The van der Waals surface area contributed by atoms with Crippen LogP contribution in [0.1, 0.15) is 23.6 Å². The predicted molar refractivity (Wildman–Crippen MR) is 117 cm³/mol. The minimum absolute atomic E-state index is 0.208. The average Bonchev–Trinajstić information content (AvgIpc) is 3.33. The normalized spacial score (nSPS) is 15.3. The summed E-state index contributed by atoms with van der Waals surface area (Å²) in [6.07, 6.45) is 3.24. The number of benzene rings is 2. The van der Waals surface area contributed by atoms with Crippen LogP contribution in [0.5, 0.6) is 0 Å². The van der Waals surface area contributed by atoms with Crippen LogP contribution in [0.25, 0.3) is 33.5 Å². The number of fused-ring (bicyclic) bond motifs is 4. The fourth-order valence-corrected chi connectivity index (χ4v) is 4.15. The third-order valence-electron chi connectivity index (χ3n) is 5.53. The van der Waals surface area contributed by atoms with E-state index in [1.807, 2.05) is 48.5 Å². The highest BCUT2D eigenvalue weighted by molar-refractivity contribution is 5.94. The lowest BCUT2D eigenvalue weighted by Gasteiger charge is -2.18. The summed E-state index contributed by atoms with van der Waals surface area (Å²) in [5.41, 5.74) is 17.6. The smallest absolute Gasteiger partial charge is 0.238 e. The van der Waals surface area contributed by atoms with E-state index in [1.54, 1.807) is 12.4 Å². The van der Waals surface area contributed by atoms with E-state index in [2.05, 4.69) is 15.3 Å². The number of carbonyl (C=O) groups excluding carboxylic acids is 2. The first-order valence-electron chi connectivity index (χ1n) is 9.89. The Hall–Kier alpha value is -4.04. The molecule has 31 heavy (non-hydrogen) atoms. The molecule has 2 aromatic carbocycles. The van der Waals surface area contributed by atoms with Gasteiger partial charge in [-0.05, 0) is 28.3 Å². The van der Waals surface area contributed by atoms with Crippen molar-refractivity contribution in [2.75, 3.05) is 0 Å². The summed E-state index contributed by atoms with van der Waals surface area (Å²) >= 11 is 0. The second-order valence-electron chi connectivity index (χ2n) is 7.55. The lowest BCUT2D eigenvalue weighted by atomic mass is 9.98. The van der Waals surface area contributed by atoms with Crippen molar-refractivity contribution < 1.29 is 9.59 Å². The number of nitrogens with two attached hydrogens (primary N) is 2. The molecule has 2 atom stereocenters. The van der Waals surface area contributed by atoms with E-state index in [4.69, 9.17) is 16.5 Å². The highest BCUT2D eigenvalue weighted by Crippen LogP contribution is 2.47. The van der Waals surface area contributed by atoms with Gasteiger partial charge >= 0.3 is 0 Å². The van der Waals surface area contributed by atoms with Crippen LogP contribution in [-0.4, -0.2) is 32.8 Å². The van der Waals surface area contributed by atoms with Gasteiger partial charge in [0.05, 0.1) is 35.7 Å². The molecule has 0 fully saturated rings. The minimum atomic E-state index is -1.00. The first-order valence-corrected chi connectivity index (χ1v) is 9.89. The van der Waals surface area contributed by atoms with E-state index in [1.165, 1.54) is 0 Å². The van der Waals surface area contributed by atoms with Crippen LogP contribution in [0, 0.1) is 0 Å². The molecular formula is C23H20N6O2. The van der Waals surface area contributed by atoms with Crippen molar-refractivity contribution in [3.63, 3.8) is 0 Å². The fourth-order valence-electron chi connectivity index (χ4n) is 4.15. The number of pyridine rings is 1. The number of H-pyrrole nitrogens is 1.